The summed E-state index contributed by atoms with van der Waals surface area (Å²) in [6.45, 7) is 1.47. The Morgan fingerprint density at radius 1 is 1.10 bits per heavy atom. The summed E-state index contributed by atoms with van der Waals surface area (Å²) in [4.78, 5) is 38.6. The van der Waals surface area contributed by atoms with E-state index in [0.29, 0.717) is 0 Å². The Balaban J connectivity index is 3.04. The second-order valence-corrected chi connectivity index (χ2v) is 8.47. The van der Waals surface area contributed by atoms with Gasteiger partial charge in [-0.25, -0.2) is 0 Å². The maximum Gasteiger partial charge on any atom is 0.345 e. The predicted octanol–water partition coefficient (Wildman–Crippen LogP) is 0.696. The van der Waals surface area contributed by atoms with Crippen molar-refractivity contribution in [1.82, 2.24) is 5.32 Å². The molecule has 0 spiro atoms. The van der Waals surface area contributed by atoms with Crippen LogP contribution in [0.4, 0.5) is 5.69 Å². The van der Waals surface area contributed by atoms with Crippen molar-refractivity contribution in [3.63, 3.8) is 0 Å². The molecule has 0 aliphatic rings. The van der Waals surface area contributed by atoms with Crippen LogP contribution in [0.5, 0.6) is 0 Å². The molecule has 1 aromatic carbocycles. The maximum absolute atomic E-state index is 11.3. The van der Waals surface area contributed by atoms with Crippen LogP contribution in [0.3, 0.4) is 0 Å². The summed E-state index contributed by atoms with van der Waals surface area (Å²) in [5.41, 5.74) is 0.701. The molecule has 0 amide bonds. The molecule has 0 fully saturated rings. The van der Waals surface area contributed by atoms with E-state index in [9.17, 15) is 9.13 Å². The SMILES string of the molecule is CNCCN(C)c1ccc(C(P(=O)(O)O)P(=O)(O)O)cc1. The average Bonchev–Trinajstić information content (AvgIpc) is 2.33. The van der Waals surface area contributed by atoms with Crippen molar-refractivity contribution < 1.29 is 28.7 Å². The first-order chi connectivity index (χ1) is 9.57. The highest BCUT2D eigenvalue weighted by Gasteiger charge is 2.44. The summed E-state index contributed by atoms with van der Waals surface area (Å²) in [6, 6.07) is 5.80. The van der Waals surface area contributed by atoms with Crippen molar-refractivity contribution in [3.05, 3.63) is 29.8 Å². The number of likely N-dealkylation sites (N-methyl/N-ethyl adjacent to an activating group) is 2. The first kappa shape index (κ1) is 18.3. The van der Waals surface area contributed by atoms with Gasteiger partial charge in [0.1, 0.15) is 0 Å². The van der Waals surface area contributed by atoms with Crippen molar-refractivity contribution in [3.8, 4) is 0 Å². The molecule has 0 radical (unpaired) electrons. The Kier molecular flexibility index (Phi) is 6.13. The number of benzene rings is 1. The Labute approximate surface area is 123 Å². The number of nitrogens with one attached hydrogen (secondary N) is 1. The second-order valence-electron chi connectivity index (χ2n) is 4.67. The molecular formula is C11H20N2O6P2. The molecule has 1 rings (SSSR count). The standard InChI is InChI=1S/C11H20N2O6P2/c1-12-7-8-13(2)10-5-3-9(4-6-10)11(20(14,15)16)21(17,18)19/h3-6,11-12H,7-8H2,1-2H3,(H2,14,15,16)(H2,17,18,19). The van der Waals surface area contributed by atoms with Crippen molar-refractivity contribution in [2.45, 2.75) is 5.40 Å². The lowest BCUT2D eigenvalue weighted by molar-refractivity contribution is 0.340. The summed E-state index contributed by atoms with van der Waals surface area (Å²) in [5.74, 6) is 0. The number of nitrogens with zero attached hydrogens (tertiary/aromatic N) is 1. The van der Waals surface area contributed by atoms with Gasteiger partial charge in [0.15, 0.2) is 5.40 Å². The molecule has 0 saturated carbocycles. The molecule has 1 aromatic rings. The third-order valence-corrected chi connectivity index (χ3v) is 6.64. The molecule has 0 saturated heterocycles. The molecule has 0 bridgehead atoms. The minimum atomic E-state index is -4.96. The van der Waals surface area contributed by atoms with E-state index in [2.05, 4.69) is 5.32 Å². The number of hydrogen-bond donors (Lipinski definition) is 5. The smallest absolute Gasteiger partial charge is 0.345 e. The number of anilines is 1. The molecule has 5 N–H and O–H groups in total. The van der Waals surface area contributed by atoms with Gasteiger partial charge in [-0.2, -0.15) is 0 Å². The molecule has 0 aliphatic carbocycles. The molecule has 120 valence electrons. The van der Waals surface area contributed by atoms with Gasteiger partial charge in [0.25, 0.3) is 0 Å². The zero-order valence-electron chi connectivity index (χ0n) is 11.7. The van der Waals surface area contributed by atoms with Gasteiger partial charge >= 0.3 is 15.2 Å². The van der Waals surface area contributed by atoms with Gasteiger partial charge in [0, 0.05) is 25.8 Å². The summed E-state index contributed by atoms with van der Waals surface area (Å²) < 4.78 is 22.6. The van der Waals surface area contributed by atoms with E-state index in [1.54, 1.807) is 12.1 Å². The van der Waals surface area contributed by atoms with E-state index in [4.69, 9.17) is 19.6 Å². The van der Waals surface area contributed by atoms with Gasteiger partial charge in [-0.05, 0) is 24.7 Å². The van der Waals surface area contributed by atoms with Crippen LogP contribution in [-0.2, 0) is 9.13 Å². The molecule has 0 unspecified atom stereocenters. The molecule has 21 heavy (non-hydrogen) atoms. The van der Waals surface area contributed by atoms with Gasteiger partial charge in [-0.1, -0.05) is 12.1 Å². The van der Waals surface area contributed by atoms with Crippen LogP contribution in [0.2, 0.25) is 0 Å². The fraction of sp³-hybridized carbons (Fsp3) is 0.455. The molecule has 0 aliphatic heterocycles. The zero-order chi connectivity index (χ0) is 16.3. The summed E-state index contributed by atoms with van der Waals surface area (Å²) in [6.07, 6.45) is 0. The van der Waals surface area contributed by atoms with Crippen LogP contribution in [0.1, 0.15) is 11.0 Å². The lowest BCUT2D eigenvalue weighted by atomic mass is 10.2. The number of hydrogen-bond acceptors (Lipinski definition) is 4. The van der Waals surface area contributed by atoms with Crippen molar-refractivity contribution in [1.29, 1.82) is 0 Å². The third-order valence-electron chi connectivity index (χ3n) is 2.97. The fourth-order valence-electron chi connectivity index (χ4n) is 1.89. The van der Waals surface area contributed by atoms with E-state index in [-0.39, 0.29) is 5.56 Å². The maximum atomic E-state index is 11.3. The van der Waals surface area contributed by atoms with Crippen LogP contribution in [-0.4, -0.2) is 46.8 Å². The Hall–Kier alpha value is -0.720. The average molecular weight is 338 g/mol. The minimum Gasteiger partial charge on any atom is -0.373 e. The first-order valence-electron chi connectivity index (χ1n) is 6.13. The summed E-state index contributed by atoms with van der Waals surface area (Å²) >= 11 is 0. The van der Waals surface area contributed by atoms with Gasteiger partial charge in [-0.15, -0.1) is 0 Å². The highest BCUT2D eigenvalue weighted by Crippen LogP contribution is 2.69. The van der Waals surface area contributed by atoms with Crippen LogP contribution < -0.4 is 10.2 Å². The van der Waals surface area contributed by atoms with Crippen LogP contribution in [0.15, 0.2) is 24.3 Å². The lowest BCUT2D eigenvalue weighted by Gasteiger charge is -2.22. The van der Waals surface area contributed by atoms with Gasteiger partial charge in [0.05, 0.1) is 0 Å². The zero-order valence-corrected chi connectivity index (χ0v) is 13.5. The fourth-order valence-corrected chi connectivity index (χ4v) is 4.58. The van der Waals surface area contributed by atoms with E-state index in [1.807, 2.05) is 19.0 Å². The highest BCUT2D eigenvalue weighted by atomic mass is 31.2. The topological polar surface area (TPSA) is 130 Å². The van der Waals surface area contributed by atoms with Crippen LogP contribution >= 0.6 is 15.2 Å². The molecular weight excluding hydrogens is 318 g/mol. The molecule has 10 heteroatoms. The van der Waals surface area contributed by atoms with E-state index < -0.39 is 20.6 Å². The van der Waals surface area contributed by atoms with Crippen LogP contribution in [0.25, 0.3) is 0 Å². The largest absolute Gasteiger partial charge is 0.373 e. The Morgan fingerprint density at radius 2 is 1.57 bits per heavy atom. The monoisotopic (exact) mass is 338 g/mol. The number of rotatable bonds is 7. The van der Waals surface area contributed by atoms with E-state index >= 15 is 0 Å². The van der Waals surface area contributed by atoms with Crippen molar-refractivity contribution in [2.24, 2.45) is 0 Å². The third kappa shape index (κ3) is 5.20. The predicted molar refractivity (Wildman–Crippen MR) is 80.5 cm³/mol. The first-order valence-corrected chi connectivity index (χ1v) is 9.50. The van der Waals surface area contributed by atoms with Crippen molar-refractivity contribution in [2.75, 3.05) is 32.1 Å². The summed E-state index contributed by atoms with van der Waals surface area (Å²) in [7, 11) is -6.26. The van der Waals surface area contributed by atoms with Crippen LogP contribution in [0, 0.1) is 0 Å². The minimum absolute atomic E-state index is 0.0811. The second kappa shape index (κ2) is 7.03. The van der Waals surface area contributed by atoms with Crippen molar-refractivity contribution >= 4 is 20.9 Å². The van der Waals surface area contributed by atoms with Gasteiger partial charge in [0.2, 0.25) is 0 Å². The molecule has 0 heterocycles. The Bertz CT molecular complexity index is 530. The normalized spacial score (nSPS) is 12.7. The molecule has 0 atom stereocenters. The van der Waals surface area contributed by atoms with E-state index in [0.717, 1.165) is 18.8 Å². The Morgan fingerprint density at radius 3 is 1.95 bits per heavy atom. The molecule has 0 aromatic heterocycles. The quantitative estimate of drug-likeness (QED) is 0.459. The van der Waals surface area contributed by atoms with E-state index in [1.165, 1.54) is 12.1 Å². The van der Waals surface area contributed by atoms with Gasteiger partial charge in [-0.3, -0.25) is 9.13 Å². The lowest BCUT2D eigenvalue weighted by Crippen LogP contribution is -2.26. The van der Waals surface area contributed by atoms with Gasteiger partial charge < -0.3 is 29.8 Å². The summed E-state index contributed by atoms with van der Waals surface area (Å²) in [5, 5.41) is 0.867. The molecule has 8 nitrogen and oxygen atoms in total. The highest BCUT2D eigenvalue weighted by molar-refractivity contribution is 7.70.